The van der Waals surface area contributed by atoms with Gasteiger partial charge in [0.15, 0.2) is 6.61 Å². The third-order valence-corrected chi connectivity index (χ3v) is 6.29. The topological polar surface area (TPSA) is 84.9 Å². The lowest BCUT2D eigenvalue weighted by atomic mass is 10.1. The highest BCUT2D eigenvalue weighted by molar-refractivity contribution is 9.10. The van der Waals surface area contributed by atoms with Crippen LogP contribution in [0.3, 0.4) is 0 Å². The van der Waals surface area contributed by atoms with Crippen molar-refractivity contribution in [1.82, 2.24) is 5.32 Å². The number of hydrogen-bond acceptors (Lipinski definition) is 6. The summed E-state index contributed by atoms with van der Waals surface area (Å²) in [6.45, 7) is 2.03. The highest BCUT2D eigenvalue weighted by Crippen LogP contribution is 2.36. The van der Waals surface area contributed by atoms with E-state index in [2.05, 4.69) is 21.2 Å². The lowest BCUT2D eigenvalue weighted by Gasteiger charge is -2.21. The average Bonchev–Trinajstić information content (AvgIpc) is 3.16. The summed E-state index contributed by atoms with van der Waals surface area (Å²) < 4.78 is 11.3. The van der Waals surface area contributed by atoms with Crippen molar-refractivity contribution in [2.45, 2.75) is 13.5 Å². The lowest BCUT2D eigenvalue weighted by molar-refractivity contribution is -0.137. The summed E-state index contributed by atoms with van der Waals surface area (Å²) in [5.41, 5.74) is 3.29. The van der Waals surface area contributed by atoms with Gasteiger partial charge in [0.25, 0.3) is 5.91 Å². The van der Waals surface area contributed by atoms with Crippen LogP contribution in [0.25, 0.3) is 6.08 Å². The van der Waals surface area contributed by atoms with E-state index in [-0.39, 0.29) is 18.1 Å². The maximum absolute atomic E-state index is 13.2. The van der Waals surface area contributed by atoms with Crippen molar-refractivity contribution in [1.29, 1.82) is 0 Å². The Hall–Kier alpha value is -4.17. The number of anilines is 1. The molecule has 1 aliphatic rings. The Bertz CT molecular complexity index is 1360. The molecule has 4 rings (SSSR count). The van der Waals surface area contributed by atoms with Gasteiger partial charge in [0.05, 0.1) is 12.8 Å². The zero-order chi connectivity index (χ0) is 26.4. The number of ketones is 1. The van der Waals surface area contributed by atoms with E-state index < -0.39 is 11.8 Å². The molecule has 8 heteroatoms. The Labute approximate surface area is 223 Å². The second kappa shape index (κ2) is 11.7. The van der Waals surface area contributed by atoms with Crippen molar-refractivity contribution in [3.8, 4) is 5.75 Å². The minimum atomic E-state index is -0.678. The maximum Gasteiger partial charge on any atom is 0.343 e. The van der Waals surface area contributed by atoms with E-state index in [1.807, 2.05) is 54.6 Å². The van der Waals surface area contributed by atoms with Gasteiger partial charge in [-0.05, 0) is 60.5 Å². The molecule has 0 spiro atoms. The van der Waals surface area contributed by atoms with Crippen LogP contribution in [0.2, 0.25) is 0 Å². The fourth-order valence-corrected chi connectivity index (χ4v) is 4.16. The Morgan fingerprint density at radius 2 is 1.65 bits per heavy atom. The molecule has 1 aliphatic heterocycles. The molecule has 1 heterocycles. The zero-order valence-electron chi connectivity index (χ0n) is 20.4. The second-order valence-electron chi connectivity index (χ2n) is 8.24. The molecule has 1 amide bonds. The molecule has 3 aromatic rings. The van der Waals surface area contributed by atoms with Gasteiger partial charge >= 0.3 is 5.97 Å². The first-order chi connectivity index (χ1) is 17.9. The number of methoxy groups -OCH3 is 1. The van der Waals surface area contributed by atoms with Gasteiger partial charge in [-0.15, -0.1) is 0 Å². The Balaban J connectivity index is 1.48. The molecule has 0 aliphatic carbocycles. The number of carbonyl (C=O) groups is 3. The predicted octanol–water partition coefficient (Wildman–Crippen LogP) is 5.02. The van der Waals surface area contributed by atoms with Crippen molar-refractivity contribution in [3.05, 3.63) is 111 Å². The van der Waals surface area contributed by atoms with Crippen LogP contribution in [-0.2, 0) is 25.7 Å². The Kier molecular flexibility index (Phi) is 8.20. The summed E-state index contributed by atoms with van der Waals surface area (Å²) in [7, 11) is 1.25. The van der Waals surface area contributed by atoms with Crippen molar-refractivity contribution in [2.75, 3.05) is 18.6 Å². The number of carbonyl (C=O) groups excluding carboxylic acids is 3. The van der Waals surface area contributed by atoms with Gasteiger partial charge < -0.3 is 19.7 Å². The van der Waals surface area contributed by atoms with Gasteiger partial charge in [-0.25, -0.2) is 4.79 Å². The molecule has 1 N–H and O–H groups in total. The molecule has 0 aromatic heterocycles. The summed E-state index contributed by atoms with van der Waals surface area (Å²) in [5.74, 6) is -0.803. The van der Waals surface area contributed by atoms with E-state index in [0.29, 0.717) is 23.7 Å². The van der Waals surface area contributed by atoms with E-state index in [0.717, 1.165) is 21.3 Å². The largest absolute Gasteiger partial charge is 0.484 e. The third-order valence-electron chi connectivity index (χ3n) is 5.76. The van der Waals surface area contributed by atoms with Crippen LogP contribution in [0.1, 0.15) is 18.1 Å². The van der Waals surface area contributed by atoms with Crippen LogP contribution < -0.4 is 15.0 Å². The SMILES string of the molecule is COC(=O)C1=C(C)N(c2ccc(Br)cc2)/C(=C\c2ccc(OCC(=O)NCc3ccccc3)cc2)C1=O. The van der Waals surface area contributed by atoms with Crippen LogP contribution in [0.4, 0.5) is 5.69 Å². The minimum absolute atomic E-state index is 0.00172. The molecule has 0 unspecified atom stereocenters. The minimum Gasteiger partial charge on any atom is -0.484 e. The van der Waals surface area contributed by atoms with Gasteiger partial charge in [0.2, 0.25) is 5.78 Å². The fourth-order valence-electron chi connectivity index (χ4n) is 3.90. The molecule has 3 aromatic carbocycles. The number of esters is 1. The number of nitrogens with one attached hydrogen (secondary N) is 1. The van der Waals surface area contributed by atoms with Crippen LogP contribution in [0.5, 0.6) is 5.75 Å². The smallest absolute Gasteiger partial charge is 0.343 e. The highest BCUT2D eigenvalue weighted by Gasteiger charge is 2.38. The first-order valence-electron chi connectivity index (χ1n) is 11.5. The highest BCUT2D eigenvalue weighted by atomic mass is 79.9. The number of nitrogens with zero attached hydrogens (tertiary/aromatic N) is 1. The van der Waals surface area contributed by atoms with E-state index in [9.17, 15) is 14.4 Å². The van der Waals surface area contributed by atoms with Crippen molar-refractivity contribution in [3.63, 3.8) is 0 Å². The summed E-state index contributed by atoms with van der Waals surface area (Å²) in [5, 5.41) is 2.82. The summed E-state index contributed by atoms with van der Waals surface area (Å²) in [6.07, 6.45) is 1.71. The van der Waals surface area contributed by atoms with Crippen molar-refractivity contribution >= 4 is 45.4 Å². The van der Waals surface area contributed by atoms with Crippen LogP contribution in [-0.4, -0.2) is 31.4 Å². The summed E-state index contributed by atoms with van der Waals surface area (Å²) >= 11 is 3.42. The molecule has 0 atom stereocenters. The summed E-state index contributed by atoms with van der Waals surface area (Å²) in [6, 6.07) is 24.1. The molecule has 0 fully saturated rings. The quantitative estimate of drug-likeness (QED) is 0.236. The molecule has 37 heavy (non-hydrogen) atoms. The number of ether oxygens (including phenoxy) is 2. The van der Waals surface area contributed by atoms with Crippen molar-refractivity contribution in [2.24, 2.45) is 0 Å². The fraction of sp³-hybridized carbons (Fsp3) is 0.138. The van der Waals surface area contributed by atoms with Crippen LogP contribution >= 0.6 is 15.9 Å². The second-order valence-corrected chi connectivity index (χ2v) is 9.16. The van der Waals surface area contributed by atoms with Gasteiger partial charge in [0, 0.05) is 22.4 Å². The predicted molar refractivity (Wildman–Crippen MR) is 145 cm³/mol. The number of Topliss-reactive ketones (excluding diaryl/α,β-unsaturated/α-hetero) is 1. The molecular formula is C29H25BrN2O5. The van der Waals surface area contributed by atoms with E-state index in [4.69, 9.17) is 9.47 Å². The Morgan fingerprint density at radius 3 is 2.30 bits per heavy atom. The number of rotatable bonds is 8. The Morgan fingerprint density at radius 1 is 0.973 bits per heavy atom. The first-order valence-corrected chi connectivity index (χ1v) is 12.3. The standard InChI is InChI=1S/C29H25BrN2O5/c1-19-27(29(35)36-2)28(34)25(32(19)23-12-10-22(30)11-13-23)16-20-8-14-24(15-9-20)37-18-26(33)31-17-21-6-4-3-5-7-21/h3-16H,17-18H2,1-2H3,(H,31,33)/b25-16-. The zero-order valence-corrected chi connectivity index (χ0v) is 21.9. The van der Waals surface area contributed by atoms with Gasteiger partial charge in [-0.3, -0.25) is 9.59 Å². The summed E-state index contributed by atoms with van der Waals surface area (Å²) in [4.78, 5) is 39.4. The molecule has 188 valence electrons. The number of hydrogen-bond donors (Lipinski definition) is 1. The molecule has 7 nitrogen and oxygen atoms in total. The first kappa shape index (κ1) is 25.9. The molecule has 0 radical (unpaired) electrons. The molecule has 0 saturated heterocycles. The van der Waals surface area contributed by atoms with E-state index >= 15 is 0 Å². The normalized spacial score (nSPS) is 14.2. The molecular weight excluding hydrogens is 536 g/mol. The lowest BCUT2D eigenvalue weighted by Crippen LogP contribution is -2.28. The van der Waals surface area contributed by atoms with E-state index in [1.54, 1.807) is 42.2 Å². The molecule has 0 saturated carbocycles. The number of benzene rings is 3. The molecule has 0 bridgehead atoms. The van der Waals surface area contributed by atoms with Gasteiger partial charge in [-0.1, -0.05) is 58.4 Å². The van der Waals surface area contributed by atoms with Gasteiger partial charge in [-0.2, -0.15) is 0 Å². The van der Waals surface area contributed by atoms with Crippen molar-refractivity contribution < 1.29 is 23.9 Å². The number of halogens is 1. The maximum atomic E-state index is 13.2. The number of allylic oxidation sites excluding steroid dienone is 2. The van der Waals surface area contributed by atoms with Gasteiger partial charge in [0.1, 0.15) is 11.3 Å². The number of amides is 1. The third kappa shape index (κ3) is 6.16. The van der Waals surface area contributed by atoms with Crippen LogP contribution in [0.15, 0.2) is 100 Å². The monoisotopic (exact) mass is 560 g/mol. The van der Waals surface area contributed by atoms with E-state index in [1.165, 1.54) is 7.11 Å². The van der Waals surface area contributed by atoms with Crippen LogP contribution in [0, 0.1) is 0 Å². The average molecular weight is 561 g/mol.